The summed E-state index contributed by atoms with van der Waals surface area (Å²) >= 11 is 0. The number of benzene rings is 1. The molecule has 3 heteroatoms. The molecular formula is C15H19N3. The van der Waals surface area contributed by atoms with Crippen LogP contribution in [0.2, 0.25) is 0 Å². The standard InChI is InChI=1S/C15H19N3/c16-12(10-11-6-2-1-3-7-11)15-17-13-8-4-5-9-14(13)18-15/h1-3,6-7,12H,4-5,8-10,16H2,(H,17,18)/t12-/m0/s1. The quantitative estimate of drug-likeness (QED) is 0.867. The van der Waals surface area contributed by atoms with Gasteiger partial charge < -0.3 is 10.7 Å². The molecule has 2 aromatic rings. The number of H-pyrrole nitrogens is 1. The number of nitrogens with zero attached hydrogens (tertiary/aromatic N) is 1. The van der Waals surface area contributed by atoms with Crippen LogP contribution in [0.4, 0.5) is 0 Å². The largest absolute Gasteiger partial charge is 0.344 e. The fourth-order valence-electron chi connectivity index (χ4n) is 2.62. The third-order valence-electron chi connectivity index (χ3n) is 3.62. The van der Waals surface area contributed by atoms with Gasteiger partial charge in [-0.1, -0.05) is 30.3 Å². The average molecular weight is 241 g/mol. The fourth-order valence-corrected chi connectivity index (χ4v) is 2.62. The van der Waals surface area contributed by atoms with Gasteiger partial charge >= 0.3 is 0 Å². The van der Waals surface area contributed by atoms with Gasteiger partial charge in [0, 0.05) is 5.69 Å². The summed E-state index contributed by atoms with van der Waals surface area (Å²) in [5, 5.41) is 0. The van der Waals surface area contributed by atoms with Crippen LogP contribution in [-0.4, -0.2) is 9.97 Å². The lowest BCUT2D eigenvalue weighted by Crippen LogP contribution is -2.15. The van der Waals surface area contributed by atoms with Crippen molar-refractivity contribution in [2.24, 2.45) is 5.73 Å². The first-order chi connectivity index (χ1) is 8.83. The van der Waals surface area contributed by atoms with E-state index in [4.69, 9.17) is 5.73 Å². The number of hydrogen-bond acceptors (Lipinski definition) is 2. The molecule has 3 nitrogen and oxygen atoms in total. The minimum absolute atomic E-state index is 0.0296. The second-order valence-corrected chi connectivity index (χ2v) is 5.05. The number of nitrogens with two attached hydrogens (primary N) is 1. The van der Waals surface area contributed by atoms with Crippen LogP contribution in [0.3, 0.4) is 0 Å². The summed E-state index contributed by atoms with van der Waals surface area (Å²) < 4.78 is 0. The molecule has 3 N–H and O–H groups in total. The molecule has 1 aliphatic rings. The van der Waals surface area contributed by atoms with E-state index in [9.17, 15) is 0 Å². The topological polar surface area (TPSA) is 54.7 Å². The zero-order valence-electron chi connectivity index (χ0n) is 10.5. The number of fused-ring (bicyclic) bond motifs is 1. The van der Waals surface area contributed by atoms with Crippen LogP contribution in [0.15, 0.2) is 30.3 Å². The number of imidazole rings is 1. The van der Waals surface area contributed by atoms with E-state index >= 15 is 0 Å². The number of nitrogens with one attached hydrogen (secondary N) is 1. The molecule has 1 atom stereocenters. The van der Waals surface area contributed by atoms with Gasteiger partial charge in [0.2, 0.25) is 0 Å². The first-order valence-corrected chi connectivity index (χ1v) is 6.70. The molecule has 1 heterocycles. The fraction of sp³-hybridized carbons (Fsp3) is 0.400. The van der Waals surface area contributed by atoms with E-state index in [1.807, 2.05) is 6.07 Å². The molecule has 0 saturated heterocycles. The van der Waals surface area contributed by atoms with Crippen molar-refractivity contribution in [3.63, 3.8) is 0 Å². The lowest BCUT2D eigenvalue weighted by atomic mass is 10.0. The maximum Gasteiger partial charge on any atom is 0.123 e. The minimum Gasteiger partial charge on any atom is -0.344 e. The molecule has 1 aromatic carbocycles. The minimum atomic E-state index is -0.0296. The molecule has 0 unspecified atom stereocenters. The van der Waals surface area contributed by atoms with Crippen molar-refractivity contribution in [1.29, 1.82) is 0 Å². The molecule has 18 heavy (non-hydrogen) atoms. The Bertz CT molecular complexity index is 492. The van der Waals surface area contributed by atoms with Crippen LogP contribution in [-0.2, 0) is 19.3 Å². The summed E-state index contributed by atoms with van der Waals surface area (Å²) in [6, 6.07) is 10.3. The molecule has 0 aliphatic heterocycles. The molecule has 0 bridgehead atoms. The summed E-state index contributed by atoms with van der Waals surface area (Å²) in [5.74, 6) is 0.950. The van der Waals surface area contributed by atoms with Crippen LogP contribution in [0.25, 0.3) is 0 Å². The van der Waals surface area contributed by atoms with E-state index in [1.165, 1.54) is 29.8 Å². The van der Waals surface area contributed by atoms with Gasteiger partial charge in [0.25, 0.3) is 0 Å². The van der Waals surface area contributed by atoms with E-state index in [2.05, 4.69) is 34.2 Å². The zero-order valence-corrected chi connectivity index (χ0v) is 10.5. The highest BCUT2D eigenvalue weighted by Gasteiger charge is 2.17. The predicted octanol–water partition coefficient (Wildman–Crippen LogP) is 2.53. The van der Waals surface area contributed by atoms with Crippen molar-refractivity contribution in [2.75, 3.05) is 0 Å². The first kappa shape index (κ1) is 11.5. The van der Waals surface area contributed by atoms with E-state index < -0.39 is 0 Å². The SMILES string of the molecule is N[C@@H](Cc1ccccc1)c1nc2c([nH]1)CCCC2. The average Bonchev–Trinajstić information content (AvgIpc) is 2.84. The Morgan fingerprint density at radius 3 is 2.72 bits per heavy atom. The highest BCUT2D eigenvalue weighted by Crippen LogP contribution is 2.22. The van der Waals surface area contributed by atoms with Gasteiger partial charge in [-0.3, -0.25) is 0 Å². The summed E-state index contributed by atoms with van der Waals surface area (Å²) in [6.07, 6.45) is 5.59. The normalized spacial score (nSPS) is 16.3. The first-order valence-electron chi connectivity index (χ1n) is 6.70. The Morgan fingerprint density at radius 1 is 1.17 bits per heavy atom. The van der Waals surface area contributed by atoms with Gasteiger partial charge in [-0.25, -0.2) is 4.98 Å². The van der Waals surface area contributed by atoms with Gasteiger partial charge in [0.1, 0.15) is 5.82 Å². The lowest BCUT2D eigenvalue weighted by Gasteiger charge is -2.08. The van der Waals surface area contributed by atoms with Crippen LogP contribution in [0.5, 0.6) is 0 Å². The molecular weight excluding hydrogens is 222 g/mol. The number of aryl methyl sites for hydroxylation is 2. The van der Waals surface area contributed by atoms with Crippen LogP contribution >= 0.6 is 0 Å². The van der Waals surface area contributed by atoms with Gasteiger partial charge in [-0.05, 0) is 37.7 Å². The Morgan fingerprint density at radius 2 is 1.94 bits per heavy atom. The molecule has 0 saturated carbocycles. The number of rotatable bonds is 3. The summed E-state index contributed by atoms with van der Waals surface area (Å²) in [7, 11) is 0. The molecule has 3 rings (SSSR count). The van der Waals surface area contributed by atoms with Gasteiger partial charge in [-0.15, -0.1) is 0 Å². The van der Waals surface area contributed by atoms with Crippen LogP contribution in [0, 0.1) is 0 Å². The molecule has 0 fully saturated rings. The van der Waals surface area contributed by atoms with Crippen molar-refractivity contribution in [3.05, 3.63) is 53.1 Å². The molecule has 1 aliphatic carbocycles. The Hall–Kier alpha value is -1.61. The van der Waals surface area contributed by atoms with Gasteiger partial charge in [0.15, 0.2) is 0 Å². The predicted molar refractivity (Wildman–Crippen MR) is 72.3 cm³/mol. The highest BCUT2D eigenvalue weighted by molar-refractivity contribution is 5.21. The Labute approximate surface area is 107 Å². The monoisotopic (exact) mass is 241 g/mol. The molecule has 0 spiro atoms. The maximum atomic E-state index is 6.25. The van der Waals surface area contributed by atoms with Crippen molar-refractivity contribution >= 4 is 0 Å². The number of hydrogen-bond donors (Lipinski definition) is 2. The highest BCUT2D eigenvalue weighted by atomic mass is 15.0. The second-order valence-electron chi connectivity index (χ2n) is 5.05. The van der Waals surface area contributed by atoms with Crippen molar-refractivity contribution in [3.8, 4) is 0 Å². The van der Waals surface area contributed by atoms with Crippen LogP contribution < -0.4 is 5.73 Å². The molecule has 0 radical (unpaired) electrons. The van der Waals surface area contributed by atoms with E-state index in [0.29, 0.717) is 0 Å². The second kappa shape index (κ2) is 4.94. The van der Waals surface area contributed by atoms with Crippen LogP contribution in [0.1, 0.15) is 41.7 Å². The van der Waals surface area contributed by atoms with Crippen molar-refractivity contribution < 1.29 is 0 Å². The summed E-state index contributed by atoms with van der Waals surface area (Å²) in [5.41, 5.74) is 10.0. The van der Waals surface area contributed by atoms with Gasteiger partial charge in [-0.2, -0.15) is 0 Å². The third-order valence-corrected chi connectivity index (χ3v) is 3.62. The summed E-state index contributed by atoms with van der Waals surface area (Å²) in [4.78, 5) is 8.08. The lowest BCUT2D eigenvalue weighted by molar-refractivity contribution is 0.667. The van der Waals surface area contributed by atoms with E-state index in [-0.39, 0.29) is 6.04 Å². The van der Waals surface area contributed by atoms with Crippen molar-refractivity contribution in [1.82, 2.24) is 9.97 Å². The van der Waals surface area contributed by atoms with Crippen molar-refractivity contribution in [2.45, 2.75) is 38.1 Å². The summed E-state index contributed by atoms with van der Waals surface area (Å²) in [6.45, 7) is 0. The maximum absolute atomic E-state index is 6.25. The smallest absolute Gasteiger partial charge is 0.123 e. The Balaban J connectivity index is 1.76. The molecule has 94 valence electrons. The Kier molecular flexibility index (Phi) is 3.15. The third kappa shape index (κ3) is 2.31. The number of aromatic amines is 1. The van der Waals surface area contributed by atoms with E-state index in [0.717, 1.165) is 25.1 Å². The van der Waals surface area contributed by atoms with Gasteiger partial charge in [0.05, 0.1) is 11.7 Å². The zero-order chi connectivity index (χ0) is 12.4. The number of aromatic nitrogens is 2. The molecule has 1 aromatic heterocycles. The van der Waals surface area contributed by atoms with E-state index in [1.54, 1.807) is 0 Å². The molecule has 0 amide bonds.